The Labute approximate surface area is 111 Å². The summed E-state index contributed by atoms with van der Waals surface area (Å²) in [6.45, 7) is 0.960. The molecule has 0 amide bonds. The van der Waals surface area contributed by atoms with Gasteiger partial charge in [0, 0.05) is 16.3 Å². The molecule has 1 nitrogen and oxygen atoms in total. The first kappa shape index (κ1) is 12.1. The van der Waals surface area contributed by atoms with E-state index in [1.54, 1.807) is 0 Å². The van der Waals surface area contributed by atoms with E-state index in [0.29, 0.717) is 10.9 Å². The Kier molecular flexibility index (Phi) is 4.68. The molecule has 0 aliphatic carbocycles. The lowest BCUT2D eigenvalue weighted by Gasteiger charge is -2.11. The van der Waals surface area contributed by atoms with Crippen molar-refractivity contribution in [1.29, 1.82) is 0 Å². The van der Waals surface area contributed by atoms with Crippen molar-refractivity contribution in [1.82, 2.24) is 0 Å². The summed E-state index contributed by atoms with van der Waals surface area (Å²) in [6, 6.07) is 4.30. The van der Waals surface area contributed by atoms with Crippen molar-refractivity contribution in [2.24, 2.45) is 0 Å². The third-order valence-corrected chi connectivity index (χ3v) is 5.66. The van der Waals surface area contributed by atoms with Gasteiger partial charge in [0.05, 0.1) is 9.89 Å². The summed E-state index contributed by atoms with van der Waals surface area (Å²) in [4.78, 5) is 1.89. The van der Waals surface area contributed by atoms with Crippen LogP contribution in [0.25, 0.3) is 0 Å². The third kappa shape index (κ3) is 3.55. The van der Waals surface area contributed by atoms with Gasteiger partial charge in [-0.15, -0.1) is 11.3 Å². The molecule has 0 spiro atoms. The van der Waals surface area contributed by atoms with Crippen LogP contribution in [0.15, 0.2) is 15.9 Å². The molecule has 84 valence electrons. The second-order valence-corrected chi connectivity index (χ2v) is 7.42. The summed E-state index contributed by atoms with van der Waals surface area (Å²) >= 11 is 9.04. The molecule has 2 rings (SSSR count). The fourth-order valence-electron chi connectivity index (χ4n) is 1.84. The molecule has 1 aromatic heterocycles. The van der Waals surface area contributed by atoms with Gasteiger partial charge in [0.1, 0.15) is 0 Å². The number of ether oxygens (including phenoxy) is 1. The van der Waals surface area contributed by atoms with E-state index >= 15 is 0 Å². The normalized spacial score (nSPS) is 23.2. The fourth-order valence-corrected chi connectivity index (χ4v) is 3.98. The van der Waals surface area contributed by atoms with Gasteiger partial charge in [0.15, 0.2) is 0 Å². The van der Waals surface area contributed by atoms with Crippen molar-refractivity contribution in [2.45, 2.75) is 36.6 Å². The highest BCUT2D eigenvalue weighted by Gasteiger charge is 2.18. The highest BCUT2D eigenvalue weighted by molar-refractivity contribution is 9.11. The zero-order valence-corrected chi connectivity index (χ0v) is 12.4. The molecule has 0 aromatic carbocycles. The molecule has 1 fully saturated rings. The van der Waals surface area contributed by atoms with Gasteiger partial charge in [-0.3, -0.25) is 0 Å². The average Bonchev–Trinajstić information content (AvgIpc) is 2.84. The standard InChI is InChI=1S/C11H14Br2OS/c12-9(10-5-6-11(13)15-10)4-3-8-2-1-7-14-8/h5-6,8-9H,1-4,7H2. The van der Waals surface area contributed by atoms with E-state index in [1.807, 2.05) is 11.3 Å². The van der Waals surface area contributed by atoms with Crippen LogP contribution in [0.5, 0.6) is 0 Å². The van der Waals surface area contributed by atoms with Crippen LogP contribution in [0.4, 0.5) is 0 Å². The molecule has 2 heterocycles. The molecule has 2 unspecified atom stereocenters. The van der Waals surface area contributed by atoms with E-state index in [-0.39, 0.29) is 0 Å². The van der Waals surface area contributed by atoms with Gasteiger partial charge in [-0.1, -0.05) is 15.9 Å². The van der Waals surface area contributed by atoms with Crippen LogP contribution < -0.4 is 0 Å². The van der Waals surface area contributed by atoms with Gasteiger partial charge in [0.25, 0.3) is 0 Å². The highest BCUT2D eigenvalue weighted by atomic mass is 79.9. The molecule has 0 radical (unpaired) electrons. The minimum Gasteiger partial charge on any atom is -0.378 e. The second kappa shape index (κ2) is 5.80. The molecule has 0 saturated carbocycles. The van der Waals surface area contributed by atoms with E-state index < -0.39 is 0 Å². The molecule has 15 heavy (non-hydrogen) atoms. The summed E-state index contributed by atoms with van der Waals surface area (Å²) in [7, 11) is 0. The van der Waals surface area contributed by atoms with Crippen LogP contribution in [-0.4, -0.2) is 12.7 Å². The van der Waals surface area contributed by atoms with Gasteiger partial charge >= 0.3 is 0 Å². The quantitative estimate of drug-likeness (QED) is 0.699. The van der Waals surface area contributed by atoms with Crippen molar-refractivity contribution in [2.75, 3.05) is 6.61 Å². The minimum absolute atomic E-state index is 0.484. The number of rotatable bonds is 4. The Balaban J connectivity index is 1.79. The maximum atomic E-state index is 5.62. The molecule has 4 heteroatoms. The molecule has 1 aliphatic heterocycles. The van der Waals surface area contributed by atoms with Crippen LogP contribution in [0.3, 0.4) is 0 Å². The minimum atomic E-state index is 0.484. The summed E-state index contributed by atoms with van der Waals surface area (Å²) < 4.78 is 6.83. The predicted octanol–water partition coefficient (Wildman–Crippen LogP) is 4.91. The van der Waals surface area contributed by atoms with E-state index in [9.17, 15) is 0 Å². The monoisotopic (exact) mass is 352 g/mol. The summed E-state index contributed by atoms with van der Waals surface area (Å²) in [6.07, 6.45) is 5.33. The first-order valence-corrected chi connectivity index (χ1v) is 7.79. The van der Waals surface area contributed by atoms with Crippen LogP contribution in [-0.2, 0) is 4.74 Å². The second-order valence-electron chi connectivity index (χ2n) is 3.82. The highest BCUT2D eigenvalue weighted by Crippen LogP contribution is 2.36. The third-order valence-electron chi connectivity index (χ3n) is 2.67. The number of halogens is 2. The zero-order chi connectivity index (χ0) is 10.7. The van der Waals surface area contributed by atoms with Gasteiger partial charge in [-0.25, -0.2) is 0 Å². The van der Waals surface area contributed by atoms with E-state index in [4.69, 9.17) is 4.74 Å². The maximum Gasteiger partial charge on any atom is 0.0701 e. The van der Waals surface area contributed by atoms with Gasteiger partial charge in [0.2, 0.25) is 0 Å². The van der Waals surface area contributed by atoms with Crippen LogP contribution in [0.1, 0.15) is 35.4 Å². The van der Waals surface area contributed by atoms with Crippen LogP contribution >= 0.6 is 43.2 Å². The Morgan fingerprint density at radius 3 is 3.00 bits per heavy atom. The maximum absolute atomic E-state index is 5.62. The molecular weight excluding hydrogens is 340 g/mol. The van der Waals surface area contributed by atoms with Crippen molar-refractivity contribution in [3.8, 4) is 0 Å². The lowest BCUT2D eigenvalue weighted by Crippen LogP contribution is -2.05. The number of hydrogen-bond donors (Lipinski definition) is 0. The van der Waals surface area contributed by atoms with E-state index in [0.717, 1.165) is 13.0 Å². The van der Waals surface area contributed by atoms with Crippen molar-refractivity contribution in [3.63, 3.8) is 0 Å². The van der Waals surface area contributed by atoms with Crippen LogP contribution in [0.2, 0.25) is 0 Å². The van der Waals surface area contributed by atoms with E-state index in [2.05, 4.69) is 44.0 Å². The lowest BCUT2D eigenvalue weighted by atomic mass is 10.1. The summed E-state index contributed by atoms with van der Waals surface area (Å²) in [5, 5.41) is 0. The SMILES string of the molecule is Brc1ccc(C(Br)CCC2CCCO2)s1. The Hall–Kier alpha value is 0.620. The predicted molar refractivity (Wildman–Crippen MR) is 71.9 cm³/mol. The number of hydrogen-bond acceptors (Lipinski definition) is 2. The lowest BCUT2D eigenvalue weighted by molar-refractivity contribution is 0.102. The zero-order valence-electron chi connectivity index (χ0n) is 8.42. The number of alkyl halides is 1. The Bertz CT molecular complexity index is 307. The van der Waals surface area contributed by atoms with Gasteiger partial charge < -0.3 is 4.74 Å². The Morgan fingerprint density at radius 1 is 1.53 bits per heavy atom. The molecule has 0 bridgehead atoms. The average molecular weight is 354 g/mol. The van der Waals surface area contributed by atoms with Crippen molar-refractivity contribution in [3.05, 3.63) is 20.8 Å². The van der Waals surface area contributed by atoms with Crippen molar-refractivity contribution >= 4 is 43.2 Å². The first-order chi connectivity index (χ1) is 7.25. The summed E-state index contributed by atoms with van der Waals surface area (Å²) in [5.74, 6) is 0. The topological polar surface area (TPSA) is 9.23 Å². The number of thiophene rings is 1. The van der Waals surface area contributed by atoms with E-state index in [1.165, 1.54) is 27.9 Å². The Morgan fingerprint density at radius 2 is 2.40 bits per heavy atom. The fraction of sp³-hybridized carbons (Fsp3) is 0.636. The van der Waals surface area contributed by atoms with Crippen molar-refractivity contribution < 1.29 is 4.74 Å². The molecule has 1 aliphatic rings. The van der Waals surface area contributed by atoms with Gasteiger partial charge in [-0.2, -0.15) is 0 Å². The van der Waals surface area contributed by atoms with Crippen LogP contribution in [0, 0.1) is 0 Å². The molecule has 0 N–H and O–H groups in total. The molecule has 1 aromatic rings. The van der Waals surface area contributed by atoms with Gasteiger partial charge in [-0.05, 0) is 53.7 Å². The smallest absolute Gasteiger partial charge is 0.0701 e. The molecule has 1 saturated heterocycles. The molecule has 2 atom stereocenters. The summed E-state index contributed by atoms with van der Waals surface area (Å²) in [5.41, 5.74) is 0. The first-order valence-electron chi connectivity index (χ1n) is 5.26. The largest absolute Gasteiger partial charge is 0.378 e. The molecular formula is C11H14Br2OS.